The summed E-state index contributed by atoms with van der Waals surface area (Å²) >= 11 is 0. The van der Waals surface area contributed by atoms with Crippen LogP contribution in [0, 0.1) is 0 Å². The van der Waals surface area contributed by atoms with E-state index in [-0.39, 0.29) is 0 Å². The highest BCUT2D eigenvalue weighted by atomic mass is 16.3. The van der Waals surface area contributed by atoms with Gasteiger partial charge in [-0.2, -0.15) is 0 Å². The van der Waals surface area contributed by atoms with E-state index in [0.717, 1.165) is 72.0 Å². The molecular formula is C40H23N3O2. The van der Waals surface area contributed by atoms with Crippen LogP contribution in [-0.2, 0) is 0 Å². The summed E-state index contributed by atoms with van der Waals surface area (Å²) in [5, 5.41) is 5.61. The first-order valence-electron chi connectivity index (χ1n) is 15.0. The normalized spacial score (nSPS) is 12.0. The third-order valence-electron chi connectivity index (χ3n) is 8.81. The minimum Gasteiger partial charge on any atom is -0.456 e. The molecule has 6 aromatic carbocycles. The largest absolute Gasteiger partial charge is 0.456 e. The van der Waals surface area contributed by atoms with Gasteiger partial charge in [0.05, 0.1) is 11.0 Å². The maximum Gasteiger partial charge on any atom is 0.180 e. The molecule has 0 saturated heterocycles. The van der Waals surface area contributed by atoms with Crippen molar-refractivity contribution >= 4 is 65.8 Å². The van der Waals surface area contributed by atoms with Crippen molar-refractivity contribution in [2.75, 3.05) is 0 Å². The molecule has 5 nitrogen and oxygen atoms in total. The zero-order valence-electron chi connectivity index (χ0n) is 23.9. The molecule has 0 saturated carbocycles. The van der Waals surface area contributed by atoms with Crippen molar-refractivity contribution in [2.45, 2.75) is 0 Å². The van der Waals surface area contributed by atoms with E-state index in [1.54, 1.807) is 0 Å². The van der Waals surface area contributed by atoms with E-state index in [0.29, 0.717) is 11.4 Å². The first-order chi connectivity index (χ1) is 22.3. The van der Waals surface area contributed by atoms with Crippen LogP contribution in [-0.4, -0.2) is 14.5 Å². The molecule has 0 spiro atoms. The Balaban J connectivity index is 1.24. The SMILES string of the molecule is c1ccc(-c2nc(-c3cccc(-n4c5ccccc5c5c6c(ccc54)oc4ccccc46)c3)nc3c2oc2ccccc23)cc1. The molecular weight excluding hydrogens is 554 g/mol. The summed E-state index contributed by atoms with van der Waals surface area (Å²) in [6.45, 7) is 0. The zero-order chi connectivity index (χ0) is 29.5. The van der Waals surface area contributed by atoms with Gasteiger partial charge in [-0.3, -0.25) is 0 Å². The van der Waals surface area contributed by atoms with Crippen LogP contribution in [0.5, 0.6) is 0 Å². The molecule has 210 valence electrons. The highest BCUT2D eigenvalue weighted by molar-refractivity contribution is 6.27. The van der Waals surface area contributed by atoms with E-state index >= 15 is 0 Å². The quantitative estimate of drug-likeness (QED) is 0.210. The van der Waals surface area contributed by atoms with Crippen LogP contribution in [0.3, 0.4) is 0 Å². The van der Waals surface area contributed by atoms with Crippen molar-refractivity contribution in [3.05, 3.63) is 140 Å². The summed E-state index contributed by atoms with van der Waals surface area (Å²) in [5.41, 5.74) is 10.1. The molecule has 0 aliphatic rings. The molecule has 0 atom stereocenters. The summed E-state index contributed by atoms with van der Waals surface area (Å²) in [6, 6.07) is 47.8. The minimum absolute atomic E-state index is 0.652. The van der Waals surface area contributed by atoms with Crippen LogP contribution in [0.2, 0.25) is 0 Å². The lowest BCUT2D eigenvalue weighted by molar-refractivity contribution is 0.667. The number of fused-ring (bicyclic) bond motifs is 10. The lowest BCUT2D eigenvalue weighted by Crippen LogP contribution is -1.97. The molecule has 0 unspecified atom stereocenters. The zero-order valence-corrected chi connectivity index (χ0v) is 23.9. The van der Waals surface area contributed by atoms with Gasteiger partial charge in [-0.05, 0) is 48.5 Å². The van der Waals surface area contributed by atoms with Gasteiger partial charge in [0.1, 0.15) is 28.0 Å². The molecule has 4 heterocycles. The monoisotopic (exact) mass is 577 g/mol. The Kier molecular flexibility index (Phi) is 4.93. The molecule has 0 aliphatic heterocycles. The molecule has 0 N–H and O–H groups in total. The van der Waals surface area contributed by atoms with E-state index in [2.05, 4.69) is 95.6 Å². The second-order valence-electron chi connectivity index (χ2n) is 11.4. The highest BCUT2D eigenvalue weighted by Gasteiger charge is 2.21. The average molecular weight is 578 g/mol. The number of furan rings is 2. The molecule has 0 aliphatic carbocycles. The average Bonchev–Trinajstić information content (AvgIpc) is 3.77. The summed E-state index contributed by atoms with van der Waals surface area (Å²) < 4.78 is 14.9. The molecule has 0 amide bonds. The number of aromatic nitrogens is 3. The third-order valence-corrected chi connectivity index (χ3v) is 8.81. The molecule has 0 bridgehead atoms. The topological polar surface area (TPSA) is 57.0 Å². The Morgan fingerprint density at radius 2 is 1.18 bits per heavy atom. The van der Waals surface area contributed by atoms with Crippen LogP contribution >= 0.6 is 0 Å². The van der Waals surface area contributed by atoms with Crippen LogP contribution in [0.4, 0.5) is 0 Å². The number of hydrogen-bond donors (Lipinski definition) is 0. The smallest absolute Gasteiger partial charge is 0.180 e. The van der Waals surface area contributed by atoms with Crippen molar-refractivity contribution in [1.29, 1.82) is 0 Å². The Hall–Kier alpha value is -6.20. The maximum atomic E-state index is 6.33. The predicted octanol–water partition coefficient (Wildman–Crippen LogP) is 10.7. The number of hydrogen-bond acceptors (Lipinski definition) is 4. The fraction of sp³-hybridized carbons (Fsp3) is 0. The molecule has 0 fully saturated rings. The first-order valence-corrected chi connectivity index (χ1v) is 15.0. The van der Waals surface area contributed by atoms with Crippen molar-refractivity contribution in [2.24, 2.45) is 0 Å². The maximum absolute atomic E-state index is 6.33. The summed E-state index contributed by atoms with van der Waals surface area (Å²) in [5.74, 6) is 0.652. The van der Waals surface area contributed by atoms with E-state index < -0.39 is 0 Å². The minimum atomic E-state index is 0.652. The summed E-state index contributed by atoms with van der Waals surface area (Å²) in [7, 11) is 0. The van der Waals surface area contributed by atoms with Gasteiger partial charge < -0.3 is 13.4 Å². The van der Waals surface area contributed by atoms with Crippen LogP contribution in [0.25, 0.3) is 94.1 Å². The van der Waals surface area contributed by atoms with E-state index in [9.17, 15) is 0 Å². The summed E-state index contributed by atoms with van der Waals surface area (Å²) in [6.07, 6.45) is 0. The van der Waals surface area contributed by atoms with Crippen molar-refractivity contribution in [1.82, 2.24) is 14.5 Å². The van der Waals surface area contributed by atoms with Crippen molar-refractivity contribution in [3.63, 3.8) is 0 Å². The van der Waals surface area contributed by atoms with Gasteiger partial charge in [-0.15, -0.1) is 0 Å². The molecule has 4 aromatic heterocycles. The number of nitrogens with zero attached hydrogens (tertiary/aromatic N) is 3. The number of rotatable bonds is 3. The van der Waals surface area contributed by atoms with Crippen molar-refractivity contribution in [3.8, 4) is 28.3 Å². The van der Waals surface area contributed by atoms with Gasteiger partial charge in [0, 0.05) is 43.7 Å². The predicted molar refractivity (Wildman–Crippen MR) is 182 cm³/mol. The number of benzene rings is 6. The van der Waals surface area contributed by atoms with Gasteiger partial charge in [-0.1, -0.05) is 91.0 Å². The summed E-state index contributed by atoms with van der Waals surface area (Å²) in [4.78, 5) is 10.2. The Morgan fingerprint density at radius 1 is 0.467 bits per heavy atom. The van der Waals surface area contributed by atoms with Gasteiger partial charge >= 0.3 is 0 Å². The fourth-order valence-electron chi connectivity index (χ4n) is 6.85. The number of para-hydroxylation sites is 3. The first kappa shape index (κ1) is 24.3. The van der Waals surface area contributed by atoms with E-state index in [4.69, 9.17) is 18.8 Å². The van der Waals surface area contributed by atoms with Crippen LogP contribution < -0.4 is 0 Å². The van der Waals surface area contributed by atoms with Gasteiger partial charge in [0.15, 0.2) is 11.4 Å². The second kappa shape index (κ2) is 9.15. The fourth-order valence-corrected chi connectivity index (χ4v) is 6.85. The molecule has 10 rings (SSSR count). The molecule has 45 heavy (non-hydrogen) atoms. The van der Waals surface area contributed by atoms with Gasteiger partial charge in [0.25, 0.3) is 0 Å². The Bertz CT molecular complexity index is 2770. The third kappa shape index (κ3) is 3.49. The highest BCUT2D eigenvalue weighted by Crippen LogP contribution is 2.42. The standard InChI is InChI=1S/C40H23N3O2/c1-2-11-24(12-3-1)37-39-38(29-17-6-9-20-33(29)45-39)42-40(41-37)25-13-10-14-26(23-25)43-30-18-7-4-15-27(30)35-31(43)21-22-34-36(35)28-16-5-8-19-32(28)44-34/h1-23H. The molecule has 5 heteroatoms. The van der Waals surface area contributed by atoms with Crippen molar-refractivity contribution < 1.29 is 8.83 Å². The lowest BCUT2D eigenvalue weighted by Gasteiger charge is -2.11. The van der Waals surface area contributed by atoms with Crippen LogP contribution in [0.15, 0.2) is 148 Å². The molecule has 10 aromatic rings. The Labute approximate surface area is 256 Å². The van der Waals surface area contributed by atoms with E-state index in [1.807, 2.05) is 48.5 Å². The van der Waals surface area contributed by atoms with Gasteiger partial charge in [0.2, 0.25) is 0 Å². The Morgan fingerprint density at radius 3 is 2.04 bits per heavy atom. The van der Waals surface area contributed by atoms with Crippen LogP contribution in [0.1, 0.15) is 0 Å². The van der Waals surface area contributed by atoms with Gasteiger partial charge in [-0.25, -0.2) is 9.97 Å². The lowest BCUT2D eigenvalue weighted by atomic mass is 10.1. The second-order valence-corrected chi connectivity index (χ2v) is 11.4. The molecule has 0 radical (unpaired) electrons. The van der Waals surface area contributed by atoms with E-state index in [1.165, 1.54) is 10.8 Å².